The zero-order chi connectivity index (χ0) is 37.8. The van der Waals surface area contributed by atoms with Crippen molar-refractivity contribution in [2.75, 3.05) is 6.61 Å². The van der Waals surface area contributed by atoms with Crippen molar-refractivity contribution in [3.05, 3.63) is 46.6 Å². The van der Waals surface area contributed by atoms with Crippen molar-refractivity contribution in [2.45, 2.75) is 106 Å². The molecule has 286 valence electrons. The molecule has 4 heterocycles. The molecule has 52 heavy (non-hydrogen) atoms. The van der Waals surface area contributed by atoms with Crippen molar-refractivity contribution < 1.29 is 89.0 Å². The number of aliphatic hydroxyl groups excluding tert-OH is 9. The lowest BCUT2D eigenvalue weighted by atomic mass is 9.97. The third-order valence-corrected chi connectivity index (χ3v) is 9.25. The van der Waals surface area contributed by atoms with Crippen LogP contribution in [0.4, 0.5) is 0 Å². The fourth-order valence-electron chi connectivity index (χ4n) is 6.17. The molecular formula is C33H40O19. The van der Waals surface area contributed by atoms with Gasteiger partial charge in [-0.3, -0.25) is 4.79 Å². The maximum Gasteiger partial charge on any atom is 0.239 e. The zero-order valence-corrected chi connectivity index (χ0v) is 27.5. The molecule has 2 unspecified atom stereocenters. The van der Waals surface area contributed by atoms with Gasteiger partial charge in [0.25, 0.3) is 0 Å². The maximum atomic E-state index is 14.0. The number of phenolic OH excluding ortho intramolecular Hbond substituents is 2. The number of aliphatic hydroxyl groups is 9. The van der Waals surface area contributed by atoms with Gasteiger partial charge in [-0.2, -0.15) is 0 Å². The molecule has 0 saturated carbocycles. The van der Waals surface area contributed by atoms with E-state index in [4.69, 9.17) is 32.8 Å². The quantitative estimate of drug-likeness (QED) is 0.110. The van der Waals surface area contributed by atoms with E-state index >= 15 is 0 Å². The summed E-state index contributed by atoms with van der Waals surface area (Å²) in [5.74, 6) is -1.93. The van der Waals surface area contributed by atoms with E-state index < -0.39 is 121 Å². The van der Waals surface area contributed by atoms with Gasteiger partial charge in [0, 0.05) is 17.7 Å². The van der Waals surface area contributed by atoms with Crippen LogP contribution in [0.15, 0.2) is 45.6 Å². The molecule has 3 fully saturated rings. The number of phenols is 2. The molecule has 19 nitrogen and oxygen atoms in total. The summed E-state index contributed by atoms with van der Waals surface area (Å²) in [4.78, 5) is 14.0. The van der Waals surface area contributed by atoms with Gasteiger partial charge in [0.15, 0.2) is 18.2 Å². The lowest BCUT2D eigenvalue weighted by Crippen LogP contribution is -2.64. The number of fused-ring (bicyclic) bond motifs is 1. The lowest BCUT2D eigenvalue weighted by molar-refractivity contribution is -0.355. The Morgan fingerprint density at radius 2 is 1.27 bits per heavy atom. The minimum atomic E-state index is -1.88. The predicted octanol–water partition coefficient (Wildman–Crippen LogP) is -2.89. The van der Waals surface area contributed by atoms with E-state index in [-0.39, 0.29) is 28.4 Å². The monoisotopic (exact) mass is 740 g/mol. The molecule has 3 saturated heterocycles. The molecule has 3 aromatic rings. The van der Waals surface area contributed by atoms with Crippen LogP contribution >= 0.6 is 0 Å². The number of hydrogen-bond acceptors (Lipinski definition) is 19. The second kappa shape index (κ2) is 15.0. The molecule has 3 aliphatic rings. The summed E-state index contributed by atoms with van der Waals surface area (Å²) in [6.45, 7) is 2.04. The van der Waals surface area contributed by atoms with E-state index in [0.717, 1.165) is 12.1 Å². The van der Waals surface area contributed by atoms with Gasteiger partial charge in [-0.1, -0.05) is 0 Å². The van der Waals surface area contributed by atoms with E-state index in [1.165, 1.54) is 38.1 Å². The van der Waals surface area contributed by atoms with E-state index in [1.54, 1.807) is 0 Å². The average molecular weight is 741 g/mol. The van der Waals surface area contributed by atoms with Crippen molar-refractivity contribution in [1.29, 1.82) is 0 Å². The Morgan fingerprint density at radius 3 is 1.92 bits per heavy atom. The number of aromatic hydroxyl groups is 2. The van der Waals surface area contributed by atoms with Crippen LogP contribution in [0.25, 0.3) is 22.3 Å². The zero-order valence-electron chi connectivity index (χ0n) is 27.5. The first-order chi connectivity index (χ1) is 24.6. The highest BCUT2D eigenvalue weighted by Gasteiger charge is 2.51. The average Bonchev–Trinajstić information content (AvgIpc) is 3.11. The van der Waals surface area contributed by atoms with Gasteiger partial charge in [0.2, 0.25) is 23.8 Å². The summed E-state index contributed by atoms with van der Waals surface area (Å²) in [6, 6.07) is 7.45. The summed E-state index contributed by atoms with van der Waals surface area (Å²) in [5, 5.41) is 113. The van der Waals surface area contributed by atoms with Crippen molar-refractivity contribution in [3.63, 3.8) is 0 Å². The van der Waals surface area contributed by atoms with Crippen LogP contribution in [0.1, 0.15) is 13.8 Å². The van der Waals surface area contributed by atoms with E-state index in [2.05, 4.69) is 0 Å². The Bertz CT molecular complexity index is 1760. The highest BCUT2D eigenvalue weighted by molar-refractivity contribution is 5.88. The van der Waals surface area contributed by atoms with E-state index in [9.17, 15) is 61.0 Å². The Morgan fingerprint density at radius 1 is 0.673 bits per heavy atom. The van der Waals surface area contributed by atoms with Crippen LogP contribution in [0.3, 0.4) is 0 Å². The minimum Gasteiger partial charge on any atom is -0.508 e. The Hall–Kier alpha value is -3.67. The molecule has 15 atom stereocenters. The summed E-state index contributed by atoms with van der Waals surface area (Å²) < 4.78 is 40.0. The van der Waals surface area contributed by atoms with Crippen LogP contribution in [-0.2, 0) is 18.9 Å². The SMILES string of the molecule is C[C@@H]1OC(Oc2c(-c3ccc(O)cc3)oc3cc(OC4O[C@@H](C)[C@H](O)[C@@H](O)[C@H]4O[C@@H]4O[C@H](CO)[C@@H](O)[C@H](O)[C@H]4O)cc(O)c3c2=O)[C@H](O)[C@H](O)[C@H]1O. The molecule has 0 aliphatic carbocycles. The second-order valence-corrected chi connectivity index (χ2v) is 12.9. The highest BCUT2D eigenvalue weighted by Crippen LogP contribution is 2.39. The number of ether oxygens (including phenoxy) is 6. The van der Waals surface area contributed by atoms with Crippen molar-refractivity contribution in [1.82, 2.24) is 0 Å². The van der Waals surface area contributed by atoms with Crippen molar-refractivity contribution in [3.8, 4) is 34.3 Å². The van der Waals surface area contributed by atoms with Gasteiger partial charge in [0.1, 0.15) is 83.2 Å². The van der Waals surface area contributed by atoms with Crippen LogP contribution < -0.4 is 14.9 Å². The van der Waals surface area contributed by atoms with E-state index in [0.29, 0.717) is 0 Å². The molecule has 1 aromatic heterocycles. The highest BCUT2D eigenvalue weighted by atomic mass is 16.8. The number of benzene rings is 2. The second-order valence-electron chi connectivity index (χ2n) is 12.9. The van der Waals surface area contributed by atoms with Gasteiger partial charge in [-0.25, -0.2) is 0 Å². The molecule has 0 amide bonds. The molecule has 0 spiro atoms. The third kappa shape index (κ3) is 7.03. The molecule has 6 rings (SSSR count). The first-order valence-electron chi connectivity index (χ1n) is 16.2. The summed E-state index contributed by atoms with van der Waals surface area (Å²) in [6.07, 6.45) is -23.9. The molecule has 19 heteroatoms. The van der Waals surface area contributed by atoms with Gasteiger partial charge in [-0.05, 0) is 38.1 Å². The number of hydrogen-bond donors (Lipinski definition) is 11. The topological polar surface area (TPSA) is 308 Å². The third-order valence-electron chi connectivity index (χ3n) is 9.25. The van der Waals surface area contributed by atoms with Crippen molar-refractivity contribution >= 4 is 11.0 Å². The van der Waals surface area contributed by atoms with E-state index in [1.807, 2.05) is 0 Å². The fraction of sp³-hybridized carbons (Fsp3) is 0.545. The van der Waals surface area contributed by atoms with Crippen molar-refractivity contribution in [2.24, 2.45) is 0 Å². The van der Waals surface area contributed by atoms with Crippen LogP contribution in [0.2, 0.25) is 0 Å². The van der Waals surface area contributed by atoms with Crippen LogP contribution in [0, 0.1) is 0 Å². The molecule has 2 aromatic carbocycles. The number of rotatable bonds is 8. The van der Waals surface area contributed by atoms with Crippen LogP contribution in [-0.4, -0.2) is 155 Å². The van der Waals surface area contributed by atoms with Gasteiger partial charge >= 0.3 is 0 Å². The first kappa shape index (κ1) is 38.1. The van der Waals surface area contributed by atoms with Crippen LogP contribution in [0.5, 0.6) is 23.0 Å². The molecule has 3 aliphatic heterocycles. The normalized spacial score (nSPS) is 38.2. The lowest BCUT2D eigenvalue weighted by Gasteiger charge is -2.45. The Labute approximate surface area is 293 Å². The summed E-state index contributed by atoms with van der Waals surface area (Å²) >= 11 is 0. The van der Waals surface area contributed by atoms with Gasteiger partial charge < -0.3 is 89.0 Å². The summed E-state index contributed by atoms with van der Waals surface area (Å²) in [7, 11) is 0. The molecule has 0 radical (unpaired) electrons. The Kier molecular flexibility index (Phi) is 11.0. The minimum absolute atomic E-state index is 0.130. The Balaban J connectivity index is 1.37. The van der Waals surface area contributed by atoms with Gasteiger partial charge in [-0.15, -0.1) is 0 Å². The maximum absolute atomic E-state index is 14.0. The first-order valence-corrected chi connectivity index (χ1v) is 16.2. The smallest absolute Gasteiger partial charge is 0.239 e. The molecule has 0 bridgehead atoms. The largest absolute Gasteiger partial charge is 0.508 e. The fourth-order valence-corrected chi connectivity index (χ4v) is 6.17. The predicted molar refractivity (Wildman–Crippen MR) is 170 cm³/mol. The molecule has 11 N–H and O–H groups in total. The standard InChI is InChI=1S/C33H40O19/c1-10-19(37)23(41)26(44)31(46-10)51-29-22(40)18-15(36)7-14(8-16(18)49-28(29)12-3-5-13(35)6-4-12)48-33-30(25(43)20(38)11(2)47-33)52-32-27(45)24(42)21(39)17(9-34)50-32/h3-8,10-11,17,19-21,23-27,30-39,41-45H,9H2,1-2H3/t10-,11-,17+,19-,20-,21+,23+,24-,25+,26+,27+,30+,31?,32-,33?/m0/s1. The van der Waals surface area contributed by atoms with Gasteiger partial charge in [0.05, 0.1) is 18.8 Å². The molecular weight excluding hydrogens is 700 g/mol. The summed E-state index contributed by atoms with van der Waals surface area (Å²) in [5.41, 5.74) is -1.09.